The van der Waals surface area contributed by atoms with Crippen LogP contribution in [0.2, 0.25) is 0 Å². The Balaban J connectivity index is 1.85. The van der Waals surface area contributed by atoms with E-state index < -0.39 is 9.73 Å². The minimum atomic E-state index is -2.86. The van der Waals surface area contributed by atoms with Crippen LogP contribution in [-0.4, -0.2) is 25.6 Å². The molecule has 0 saturated heterocycles. The predicted octanol–water partition coefficient (Wildman–Crippen LogP) is 5.34. The molecule has 1 saturated carbocycles. The van der Waals surface area contributed by atoms with Gasteiger partial charge in [-0.3, -0.25) is 4.79 Å². The van der Waals surface area contributed by atoms with E-state index in [1.807, 2.05) is 30.5 Å². The van der Waals surface area contributed by atoms with E-state index in [1.54, 1.807) is 24.7 Å². The van der Waals surface area contributed by atoms with Crippen LogP contribution in [0.3, 0.4) is 0 Å². The maximum Gasteiger partial charge on any atom is 0.274 e. The number of aryl methyl sites for hydroxylation is 1. The number of pyridine rings is 1. The third-order valence-electron chi connectivity index (χ3n) is 6.66. The molecule has 0 radical (unpaired) electrons. The van der Waals surface area contributed by atoms with Crippen molar-refractivity contribution in [3.63, 3.8) is 0 Å². The fourth-order valence-electron chi connectivity index (χ4n) is 4.49. The normalized spacial score (nSPS) is 18.7. The summed E-state index contributed by atoms with van der Waals surface area (Å²) in [4.78, 5) is 16.1. The number of nitrogens with one attached hydrogen (secondary N) is 3. The zero-order chi connectivity index (χ0) is 22.4. The molecule has 2 aromatic heterocycles. The van der Waals surface area contributed by atoms with Gasteiger partial charge in [0, 0.05) is 58.3 Å². The van der Waals surface area contributed by atoms with Gasteiger partial charge in [0.1, 0.15) is 5.52 Å². The number of aromatic amines is 1. The number of benzene rings is 1. The molecule has 1 unspecified atom stereocenters. The van der Waals surface area contributed by atoms with E-state index in [4.69, 9.17) is 4.78 Å². The first-order chi connectivity index (χ1) is 14.6. The molecule has 0 bridgehead atoms. The van der Waals surface area contributed by atoms with Crippen LogP contribution < -0.4 is 10.9 Å². The molecule has 3 aromatic rings. The quantitative estimate of drug-likeness (QED) is 0.500. The Morgan fingerprint density at radius 2 is 1.94 bits per heavy atom. The largest absolute Gasteiger partial charge is 0.382 e. The average Bonchev–Trinajstić information content (AvgIpc) is 3.23. The minimum absolute atomic E-state index is 0.0817. The van der Waals surface area contributed by atoms with Crippen LogP contribution >= 0.6 is 0 Å². The molecular formula is C24H32N4O2S. The second kappa shape index (κ2) is 7.86. The van der Waals surface area contributed by atoms with E-state index in [0.29, 0.717) is 21.9 Å². The molecular weight excluding hydrogens is 408 g/mol. The number of nitrogens with zero attached hydrogens (tertiary/aromatic N) is 1. The Hall–Kier alpha value is -2.54. The second-order valence-electron chi connectivity index (χ2n) is 9.48. The monoisotopic (exact) mass is 440 g/mol. The molecule has 1 aliphatic rings. The van der Waals surface area contributed by atoms with Crippen LogP contribution in [0.5, 0.6) is 0 Å². The van der Waals surface area contributed by atoms with Crippen molar-refractivity contribution in [3.8, 4) is 11.1 Å². The Morgan fingerprint density at radius 3 is 2.61 bits per heavy atom. The number of hydrogen-bond donors (Lipinski definition) is 3. The standard InChI is InChI=1S/C24H32N4O2S/c1-5-31(25,30)17-6-7-21(27-16-8-11-24(2,3)12-9-16)19(14-17)20-15-28(4)23(29)22-18(20)10-13-26-22/h6-7,10,13-16,25-27H,5,8-9,11-12H2,1-4H3. The van der Waals surface area contributed by atoms with Crippen LogP contribution in [-0.2, 0) is 16.8 Å². The highest BCUT2D eigenvalue weighted by atomic mass is 32.2. The van der Waals surface area contributed by atoms with E-state index in [-0.39, 0.29) is 11.3 Å². The molecule has 31 heavy (non-hydrogen) atoms. The summed E-state index contributed by atoms with van der Waals surface area (Å²) in [5.74, 6) is 0.268. The zero-order valence-electron chi connectivity index (χ0n) is 18.7. The topological polar surface area (TPSA) is 90.7 Å². The summed E-state index contributed by atoms with van der Waals surface area (Å²) >= 11 is 0. The first kappa shape index (κ1) is 21.7. The van der Waals surface area contributed by atoms with E-state index in [2.05, 4.69) is 24.1 Å². The van der Waals surface area contributed by atoms with Gasteiger partial charge in [0.05, 0.1) is 9.73 Å². The van der Waals surface area contributed by atoms with E-state index in [1.165, 1.54) is 12.8 Å². The Morgan fingerprint density at radius 1 is 1.23 bits per heavy atom. The van der Waals surface area contributed by atoms with Gasteiger partial charge in [0.25, 0.3) is 5.56 Å². The number of H-pyrrole nitrogens is 1. The lowest BCUT2D eigenvalue weighted by atomic mass is 9.75. The summed E-state index contributed by atoms with van der Waals surface area (Å²) in [6.07, 6.45) is 8.17. The van der Waals surface area contributed by atoms with Gasteiger partial charge in [-0.05, 0) is 55.4 Å². The van der Waals surface area contributed by atoms with Crippen LogP contribution in [0.1, 0.15) is 46.5 Å². The molecule has 166 valence electrons. The van der Waals surface area contributed by atoms with Crippen molar-refractivity contribution in [2.75, 3.05) is 11.1 Å². The summed E-state index contributed by atoms with van der Waals surface area (Å²) in [7, 11) is -1.11. The number of rotatable bonds is 5. The van der Waals surface area contributed by atoms with Crippen LogP contribution in [0.15, 0.2) is 46.3 Å². The van der Waals surface area contributed by atoms with Crippen molar-refractivity contribution in [1.82, 2.24) is 9.55 Å². The summed E-state index contributed by atoms with van der Waals surface area (Å²) < 4.78 is 22.7. The fourth-order valence-corrected chi connectivity index (χ4v) is 5.42. The predicted molar refractivity (Wildman–Crippen MR) is 128 cm³/mol. The lowest BCUT2D eigenvalue weighted by Crippen LogP contribution is -2.30. The van der Waals surface area contributed by atoms with Gasteiger partial charge < -0.3 is 14.9 Å². The van der Waals surface area contributed by atoms with Gasteiger partial charge in [0.2, 0.25) is 0 Å². The average molecular weight is 441 g/mol. The van der Waals surface area contributed by atoms with E-state index in [0.717, 1.165) is 35.0 Å². The third-order valence-corrected chi connectivity index (χ3v) is 8.49. The Kier molecular flexibility index (Phi) is 5.50. The molecule has 1 aromatic carbocycles. The maximum absolute atomic E-state index is 12.8. The van der Waals surface area contributed by atoms with Crippen molar-refractivity contribution in [1.29, 1.82) is 4.78 Å². The molecule has 0 aliphatic heterocycles. The van der Waals surface area contributed by atoms with Crippen molar-refractivity contribution >= 4 is 26.3 Å². The minimum Gasteiger partial charge on any atom is -0.382 e. The number of hydrogen-bond acceptors (Lipinski definition) is 4. The molecule has 3 N–H and O–H groups in total. The molecule has 1 aliphatic carbocycles. The number of anilines is 1. The summed E-state index contributed by atoms with van der Waals surface area (Å²) in [6.45, 7) is 6.43. The Labute approximate surface area is 184 Å². The van der Waals surface area contributed by atoms with Gasteiger partial charge in [0.15, 0.2) is 0 Å². The van der Waals surface area contributed by atoms with Crippen molar-refractivity contribution in [2.45, 2.75) is 57.4 Å². The van der Waals surface area contributed by atoms with E-state index in [9.17, 15) is 9.00 Å². The highest BCUT2D eigenvalue weighted by Crippen LogP contribution is 2.39. The molecule has 0 spiro atoms. The smallest absolute Gasteiger partial charge is 0.274 e. The molecule has 4 rings (SSSR count). The third kappa shape index (κ3) is 4.15. The first-order valence-electron chi connectivity index (χ1n) is 11.0. The van der Waals surface area contributed by atoms with Gasteiger partial charge >= 0.3 is 0 Å². The lowest BCUT2D eigenvalue weighted by Gasteiger charge is -2.35. The molecule has 0 amide bonds. The van der Waals surface area contributed by atoms with Gasteiger partial charge in [-0.2, -0.15) is 0 Å². The Bertz CT molecular complexity index is 1270. The van der Waals surface area contributed by atoms with Crippen molar-refractivity contribution in [2.24, 2.45) is 12.5 Å². The fraction of sp³-hybridized carbons (Fsp3) is 0.458. The molecule has 6 nitrogen and oxygen atoms in total. The second-order valence-corrected chi connectivity index (χ2v) is 11.9. The maximum atomic E-state index is 12.8. The number of aromatic nitrogens is 2. The number of fused-ring (bicyclic) bond motifs is 1. The lowest BCUT2D eigenvalue weighted by molar-refractivity contribution is 0.232. The van der Waals surface area contributed by atoms with Gasteiger partial charge in [-0.25, -0.2) is 8.99 Å². The van der Waals surface area contributed by atoms with Crippen molar-refractivity contribution < 1.29 is 4.21 Å². The highest BCUT2D eigenvalue weighted by molar-refractivity contribution is 7.92. The molecule has 2 heterocycles. The molecule has 7 heteroatoms. The summed E-state index contributed by atoms with van der Waals surface area (Å²) in [5, 5.41) is 4.56. The zero-order valence-corrected chi connectivity index (χ0v) is 19.6. The summed E-state index contributed by atoms with van der Waals surface area (Å²) in [6, 6.07) is 7.92. The van der Waals surface area contributed by atoms with Crippen molar-refractivity contribution in [3.05, 3.63) is 47.0 Å². The van der Waals surface area contributed by atoms with Crippen LogP contribution in [0.25, 0.3) is 22.0 Å². The molecule has 1 fully saturated rings. The van der Waals surface area contributed by atoms with E-state index >= 15 is 0 Å². The highest BCUT2D eigenvalue weighted by Gasteiger charge is 2.27. The molecule has 1 atom stereocenters. The first-order valence-corrected chi connectivity index (χ1v) is 12.7. The summed E-state index contributed by atoms with van der Waals surface area (Å²) in [5.41, 5.74) is 3.60. The SMILES string of the molecule is CCS(=N)(=O)c1ccc(NC2CCC(C)(C)CC2)c(-c2cn(C)c(=O)c3[nH]ccc23)c1. The van der Waals surface area contributed by atoms with Crippen LogP contribution in [0, 0.1) is 10.2 Å². The van der Waals surface area contributed by atoms with Crippen LogP contribution in [0.4, 0.5) is 5.69 Å². The van der Waals surface area contributed by atoms with Gasteiger partial charge in [-0.1, -0.05) is 20.8 Å². The van der Waals surface area contributed by atoms with Gasteiger partial charge in [-0.15, -0.1) is 0 Å².